The fourth-order valence-electron chi connectivity index (χ4n) is 3.37. The molecule has 148 valence electrons. The van der Waals surface area contributed by atoms with Crippen LogP contribution in [0.3, 0.4) is 0 Å². The summed E-state index contributed by atoms with van der Waals surface area (Å²) in [5.74, 6) is 0.653. The smallest absolute Gasteiger partial charge is 0.240 e. The van der Waals surface area contributed by atoms with Crippen LogP contribution in [0.2, 0.25) is 0 Å². The SMILES string of the molecule is COc1ccc(S(=O)(=O)NCC(c2ccsc2)N2CCN(C)CC2)c(C)c1. The molecular weight excluding hydrogens is 382 g/mol. The molecule has 1 atom stereocenters. The van der Waals surface area contributed by atoms with E-state index in [1.807, 2.05) is 5.38 Å². The second-order valence-electron chi connectivity index (χ2n) is 6.90. The summed E-state index contributed by atoms with van der Waals surface area (Å²) in [6.45, 7) is 5.98. The van der Waals surface area contributed by atoms with Crippen LogP contribution in [0.4, 0.5) is 0 Å². The molecule has 1 aliphatic rings. The first-order valence-electron chi connectivity index (χ1n) is 8.99. The summed E-state index contributed by atoms with van der Waals surface area (Å²) >= 11 is 1.64. The molecule has 0 aliphatic carbocycles. The molecule has 0 bridgehead atoms. The number of sulfonamides is 1. The lowest BCUT2D eigenvalue weighted by Gasteiger charge is -2.38. The molecule has 2 aromatic rings. The van der Waals surface area contributed by atoms with Crippen LogP contribution in [0.5, 0.6) is 5.75 Å². The Morgan fingerprint density at radius 1 is 1.22 bits per heavy atom. The minimum Gasteiger partial charge on any atom is -0.497 e. The van der Waals surface area contributed by atoms with E-state index in [1.54, 1.807) is 43.6 Å². The van der Waals surface area contributed by atoms with Crippen molar-refractivity contribution in [2.75, 3.05) is 46.9 Å². The number of benzene rings is 1. The molecule has 1 aromatic heterocycles. The average molecular weight is 410 g/mol. The van der Waals surface area contributed by atoms with Gasteiger partial charge in [0.25, 0.3) is 0 Å². The molecule has 0 spiro atoms. The molecule has 1 N–H and O–H groups in total. The third kappa shape index (κ3) is 4.89. The Hall–Kier alpha value is -1.45. The van der Waals surface area contributed by atoms with Gasteiger partial charge in [-0.25, -0.2) is 13.1 Å². The van der Waals surface area contributed by atoms with Gasteiger partial charge in [0.15, 0.2) is 0 Å². The van der Waals surface area contributed by atoms with Gasteiger partial charge in [0.1, 0.15) is 5.75 Å². The summed E-state index contributed by atoms with van der Waals surface area (Å²) in [6, 6.07) is 7.15. The maximum absolute atomic E-state index is 12.9. The molecule has 6 nitrogen and oxygen atoms in total. The van der Waals surface area contributed by atoms with E-state index in [4.69, 9.17) is 4.74 Å². The van der Waals surface area contributed by atoms with E-state index in [1.165, 1.54) is 5.56 Å². The second-order valence-corrected chi connectivity index (χ2v) is 9.41. The zero-order valence-electron chi connectivity index (χ0n) is 16.0. The zero-order valence-corrected chi connectivity index (χ0v) is 17.6. The van der Waals surface area contributed by atoms with Gasteiger partial charge in [0.05, 0.1) is 12.0 Å². The Balaban J connectivity index is 1.76. The van der Waals surface area contributed by atoms with Gasteiger partial charge < -0.3 is 9.64 Å². The summed E-state index contributed by atoms with van der Waals surface area (Å²) in [6.07, 6.45) is 0. The summed E-state index contributed by atoms with van der Waals surface area (Å²) in [5, 5.41) is 4.15. The Morgan fingerprint density at radius 3 is 2.56 bits per heavy atom. The normalized spacial score (nSPS) is 17.7. The average Bonchev–Trinajstić information content (AvgIpc) is 3.17. The minimum absolute atomic E-state index is 0.0401. The predicted molar refractivity (Wildman–Crippen MR) is 109 cm³/mol. The van der Waals surface area contributed by atoms with Crippen molar-refractivity contribution < 1.29 is 13.2 Å². The molecule has 2 heterocycles. The lowest BCUT2D eigenvalue weighted by Crippen LogP contribution is -2.48. The number of nitrogens with zero attached hydrogens (tertiary/aromatic N) is 2. The van der Waals surface area contributed by atoms with Crippen LogP contribution in [-0.4, -0.2) is 65.1 Å². The molecule has 27 heavy (non-hydrogen) atoms. The number of likely N-dealkylation sites (N-methyl/N-ethyl adjacent to an activating group) is 1. The molecule has 1 aromatic carbocycles. The molecule has 3 rings (SSSR count). The van der Waals surface area contributed by atoms with Gasteiger partial charge in [0.2, 0.25) is 10.0 Å². The van der Waals surface area contributed by atoms with Gasteiger partial charge in [-0.3, -0.25) is 4.90 Å². The summed E-state index contributed by atoms with van der Waals surface area (Å²) in [4.78, 5) is 4.96. The standard InChI is InChI=1S/C19H27N3O3S2/c1-15-12-17(25-3)4-5-19(15)27(23,24)20-13-18(16-6-11-26-14-16)22-9-7-21(2)8-10-22/h4-6,11-12,14,18,20H,7-10,13H2,1-3H3. The number of hydrogen-bond donors (Lipinski definition) is 1. The number of aryl methyl sites for hydroxylation is 1. The number of ether oxygens (including phenoxy) is 1. The molecule has 8 heteroatoms. The van der Waals surface area contributed by atoms with Crippen LogP contribution in [0.25, 0.3) is 0 Å². The summed E-state index contributed by atoms with van der Waals surface area (Å²) in [7, 11) is 0.0985. The Bertz CT molecular complexity index is 845. The highest BCUT2D eigenvalue weighted by atomic mass is 32.2. The van der Waals surface area contributed by atoms with Crippen LogP contribution in [0.1, 0.15) is 17.2 Å². The van der Waals surface area contributed by atoms with Crippen molar-refractivity contribution in [2.24, 2.45) is 0 Å². The van der Waals surface area contributed by atoms with E-state index in [2.05, 4.69) is 33.0 Å². The van der Waals surface area contributed by atoms with Gasteiger partial charge in [-0.1, -0.05) is 0 Å². The van der Waals surface area contributed by atoms with Crippen LogP contribution >= 0.6 is 11.3 Å². The lowest BCUT2D eigenvalue weighted by molar-refractivity contribution is 0.113. The molecule has 1 saturated heterocycles. The van der Waals surface area contributed by atoms with E-state index in [9.17, 15) is 8.42 Å². The second kappa shape index (κ2) is 8.70. The predicted octanol–water partition coefficient (Wildman–Crippen LogP) is 2.33. The molecule has 1 unspecified atom stereocenters. The van der Waals surface area contributed by atoms with E-state index in [0.717, 1.165) is 26.2 Å². The Kier molecular flexibility index (Phi) is 6.54. The first kappa shape index (κ1) is 20.3. The molecular formula is C19H27N3O3S2. The number of rotatable bonds is 7. The summed E-state index contributed by atoms with van der Waals surface area (Å²) < 4.78 is 33.8. The van der Waals surface area contributed by atoms with E-state index < -0.39 is 10.0 Å². The van der Waals surface area contributed by atoms with Crippen LogP contribution < -0.4 is 9.46 Å². The minimum atomic E-state index is -3.59. The van der Waals surface area contributed by atoms with Crippen molar-refractivity contribution in [1.82, 2.24) is 14.5 Å². The molecule has 0 amide bonds. The topological polar surface area (TPSA) is 61.9 Å². The quantitative estimate of drug-likeness (QED) is 0.761. The molecule has 0 radical (unpaired) electrons. The monoisotopic (exact) mass is 409 g/mol. The van der Waals surface area contributed by atoms with E-state index >= 15 is 0 Å². The zero-order chi connectivity index (χ0) is 19.4. The van der Waals surface area contributed by atoms with Gasteiger partial charge in [-0.15, -0.1) is 0 Å². The van der Waals surface area contributed by atoms with E-state index in [-0.39, 0.29) is 6.04 Å². The highest BCUT2D eigenvalue weighted by Gasteiger charge is 2.26. The third-order valence-corrected chi connectivity index (χ3v) is 7.33. The lowest BCUT2D eigenvalue weighted by atomic mass is 10.1. The molecule has 1 aliphatic heterocycles. The fraction of sp³-hybridized carbons (Fsp3) is 0.474. The Morgan fingerprint density at radius 2 is 1.96 bits per heavy atom. The van der Waals surface area contributed by atoms with Crippen molar-refractivity contribution in [3.63, 3.8) is 0 Å². The fourth-order valence-corrected chi connectivity index (χ4v) is 5.34. The van der Waals surface area contributed by atoms with Crippen LogP contribution in [0.15, 0.2) is 39.9 Å². The third-order valence-electron chi connectivity index (χ3n) is 5.04. The number of nitrogens with one attached hydrogen (secondary N) is 1. The largest absolute Gasteiger partial charge is 0.497 e. The van der Waals surface area contributed by atoms with Crippen LogP contribution in [0, 0.1) is 6.92 Å². The van der Waals surface area contributed by atoms with Crippen molar-refractivity contribution in [3.05, 3.63) is 46.2 Å². The first-order chi connectivity index (χ1) is 12.9. The van der Waals surface area contributed by atoms with Gasteiger partial charge >= 0.3 is 0 Å². The number of piperazine rings is 1. The maximum atomic E-state index is 12.9. The van der Waals surface area contributed by atoms with Crippen molar-refractivity contribution in [1.29, 1.82) is 0 Å². The molecule has 1 fully saturated rings. The molecule has 0 saturated carbocycles. The van der Waals surface area contributed by atoms with Gasteiger partial charge in [-0.2, -0.15) is 11.3 Å². The van der Waals surface area contributed by atoms with Crippen molar-refractivity contribution in [3.8, 4) is 5.75 Å². The van der Waals surface area contributed by atoms with Gasteiger partial charge in [-0.05, 0) is 60.1 Å². The number of hydrogen-bond acceptors (Lipinski definition) is 6. The number of thiophene rings is 1. The highest BCUT2D eigenvalue weighted by molar-refractivity contribution is 7.89. The first-order valence-corrected chi connectivity index (χ1v) is 11.4. The van der Waals surface area contributed by atoms with Crippen molar-refractivity contribution >= 4 is 21.4 Å². The van der Waals surface area contributed by atoms with Crippen molar-refractivity contribution in [2.45, 2.75) is 17.9 Å². The van der Waals surface area contributed by atoms with Crippen LogP contribution in [-0.2, 0) is 10.0 Å². The van der Waals surface area contributed by atoms with Gasteiger partial charge in [0, 0.05) is 38.8 Å². The highest BCUT2D eigenvalue weighted by Crippen LogP contribution is 2.25. The van der Waals surface area contributed by atoms with E-state index in [0.29, 0.717) is 22.8 Å². The number of methoxy groups -OCH3 is 1. The maximum Gasteiger partial charge on any atom is 0.240 e. The Labute approximate surface area is 165 Å². The summed E-state index contributed by atoms with van der Waals surface area (Å²) in [5.41, 5.74) is 1.84.